The number of carbonyl (C=O) groups excluding carboxylic acids is 1. The Morgan fingerprint density at radius 3 is 2.80 bits per heavy atom. The Morgan fingerprint density at radius 1 is 1.40 bits per heavy atom. The number of nitrogens with zero attached hydrogens (tertiary/aromatic N) is 1. The topological polar surface area (TPSA) is 62.4 Å². The van der Waals surface area contributed by atoms with Gasteiger partial charge in [-0.2, -0.15) is 0 Å². The van der Waals surface area contributed by atoms with Gasteiger partial charge in [0.25, 0.3) is 5.56 Å². The molecule has 1 amide bonds. The summed E-state index contributed by atoms with van der Waals surface area (Å²) in [5, 5.41) is 0. The zero-order valence-corrected chi connectivity index (χ0v) is 12.3. The van der Waals surface area contributed by atoms with Crippen molar-refractivity contribution in [2.24, 2.45) is 0 Å². The van der Waals surface area contributed by atoms with Crippen LogP contribution >= 0.6 is 0 Å². The Balaban J connectivity index is 2.24. The van der Waals surface area contributed by atoms with Gasteiger partial charge in [0.1, 0.15) is 5.60 Å². The normalized spacial score (nSPS) is 19.8. The van der Waals surface area contributed by atoms with Gasteiger partial charge in [-0.3, -0.25) is 4.79 Å². The van der Waals surface area contributed by atoms with Gasteiger partial charge in [0.05, 0.1) is 6.04 Å². The summed E-state index contributed by atoms with van der Waals surface area (Å²) in [6.45, 7) is 6.17. The molecule has 110 valence electrons. The van der Waals surface area contributed by atoms with E-state index in [1.807, 2.05) is 20.8 Å². The second kappa shape index (κ2) is 5.69. The standard InChI is InChI=1S/C15H22N2O3/c1-15(2,3)20-14(19)17-10-5-4-8-12(17)11-7-6-9-16-13(11)18/h6-7,9,12H,4-5,8,10H2,1-3H3,(H,16,18)/t12-/m0/s1. The van der Waals surface area contributed by atoms with Crippen LogP contribution in [0.4, 0.5) is 4.79 Å². The van der Waals surface area contributed by atoms with Crippen LogP contribution in [0.3, 0.4) is 0 Å². The molecular formula is C15H22N2O3. The molecule has 0 radical (unpaired) electrons. The van der Waals surface area contributed by atoms with Crippen LogP contribution in [0.15, 0.2) is 23.1 Å². The van der Waals surface area contributed by atoms with E-state index in [0.717, 1.165) is 19.3 Å². The second-order valence-corrected chi connectivity index (χ2v) is 6.14. The molecule has 1 fully saturated rings. The number of carbonyl (C=O) groups is 1. The van der Waals surface area contributed by atoms with Gasteiger partial charge in [-0.05, 0) is 52.2 Å². The maximum absolute atomic E-state index is 12.3. The summed E-state index contributed by atoms with van der Waals surface area (Å²) in [5.74, 6) is 0. The predicted molar refractivity (Wildman–Crippen MR) is 76.6 cm³/mol. The number of aromatic nitrogens is 1. The van der Waals surface area contributed by atoms with Gasteiger partial charge < -0.3 is 14.6 Å². The third-order valence-electron chi connectivity index (χ3n) is 3.34. The Hall–Kier alpha value is -1.78. The largest absolute Gasteiger partial charge is 0.444 e. The van der Waals surface area contributed by atoms with Crippen LogP contribution in [0.5, 0.6) is 0 Å². The van der Waals surface area contributed by atoms with Gasteiger partial charge in [-0.1, -0.05) is 0 Å². The molecule has 2 rings (SSSR count). The summed E-state index contributed by atoms with van der Waals surface area (Å²) in [6, 6.07) is 3.38. The molecule has 5 heteroatoms. The number of piperidine rings is 1. The van der Waals surface area contributed by atoms with Crippen LogP contribution in [0.25, 0.3) is 0 Å². The molecule has 0 aromatic carbocycles. The van der Waals surface area contributed by atoms with Crippen molar-refractivity contribution in [1.82, 2.24) is 9.88 Å². The van der Waals surface area contributed by atoms with Crippen molar-refractivity contribution in [3.63, 3.8) is 0 Å². The smallest absolute Gasteiger partial charge is 0.410 e. The van der Waals surface area contributed by atoms with Gasteiger partial charge in [0.2, 0.25) is 0 Å². The average molecular weight is 278 g/mol. The number of nitrogens with one attached hydrogen (secondary N) is 1. The lowest BCUT2D eigenvalue weighted by atomic mass is 9.97. The number of amides is 1. The van der Waals surface area contributed by atoms with Gasteiger partial charge >= 0.3 is 6.09 Å². The van der Waals surface area contributed by atoms with Crippen molar-refractivity contribution >= 4 is 6.09 Å². The van der Waals surface area contributed by atoms with Crippen molar-refractivity contribution in [1.29, 1.82) is 0 Å². The van der Waals surface area contributed by atoms with E-state index in [2.05, 4.69) is 4.98 Å². The fourth-order valence-electron chi connectivity index (χ4n) is 2.49. The molecule has 20 heavy (non-hydrogen) atoms. The molecule has 5 nitrogen and oxygen atoms in total. The van der Waals surface area contributed by atoms with Crippen LogP contribution in [0, 0.1) is 0 Å². The highest BCUT2D eigenvalue weighted by atomic mass is 16.6. The second-order valence-electron chi connectivity index (χ2n) is 6.14. The number of hydrogen-bond donors (Lipinski definition) is 1. The summed E-state index contributed by atoms with van der Waals surface area (Å²) >= 11 is 0. The fraction of sp³-hybridized carbons (Fsp3) is 0.600. The summed E-state index contributed by atoms with van der Waals surface area (Å²) in [5.41, 5.74) is -0.0200. The number of H-pyrrole nitrogens is 1. The lowest BCUT2D eigenvalue weighted by molar-refractivity contribution is 0.00936. The van der Waals surface area contributed by atoms with E-state index in [-0.39, 0.29) is 17.7 Å². The molecule has 1 saturated heterocycles. The van der Waals surface area contributed by atoms with Gasteiger partial charge in [-0.25, -0.2) is 4.79 Å². The van der Waals surface area contributed by atoms with Crippen molar-refractivity contribution in [2.75, 3.05) is 6.54 Å². The van der Waals surface area contributed by atoms with E-state index < -0.39 is 5.60 Å². The quantitative estimate of drug-likeness (QED) is 0.859. The first kappa shape index (κ1) is 14.6. The van der Waals surface area contributed by atoms with Gasteiger partial charge in [0.15, 0.2) is 0 Å². The van der Waals surface area contributed by atoms with Crippen LogP contribution in [0.1, 0.15) is 51.6 Å². The van der Waals surface area contributed by atoms with Crippen LogP contribution < -0.4 is 5.56 Å². The van der Waals surface area contributed by atoms with Crippen molar-refractivity contribution < 1.29 is 9.53 Å². The monoisotopic (exact) mass is 278 g/mol. The SMILES string of the molecule is CC(C)(C)OC(=O)N1CCCC[C@H]1c1ccc[nH]c1=O. The summed E-state index contributed by atoms with van der Waals surface area (Å²) in [4.78, 5) is 28.6. The van der Waals surface area contributed by atoms with E-state index in [1.54, 1.807) is 23.2 Å². The maximum Gasteiger partial charge on any atom is 0.410 e. The van der Waals surface area contributed by atoms with E-state index in [0.29, 0.717) is 12.1 Å². The molecule has 0 spiro atoms. The Bertz CT molecular complexity index is 530. The number of hydrogen-bond acceptors (Lipinski definition) is 3. The summed E-state index contributed by atoms with van der Waals surface area (Å²) in [6.07, 6.45) is 4.02. The zero-order chi connectivity index (χ0) is 14.8. The Morgan fingerprint density at radius 2 is 2.15 bits per heavy atom. The molecule has 1 aliphatic heterocycles. The third kappa shape index (κ3) is 3.40. The molecule has 1 atom stereocenters. The molecule has 1 aromatic heterocycles. The lowest BCUT2D eigenvalue weighted by Crippen LogP contribution is -2.43. The van der Waals surface area contributed by atoms with Gasteiger partial charge in [-0.15, -0.1) is 0 Å². The minimum atomic E-state index is -0.526. The number of likely N-dealkylation sites (tertiary alicyclic amines) is 1. The van der Waals surface area contributed by atoms with Gasteiger partial charge in [0, 0.05) is 18.3 Å². The van der Waals surface area contributed by atoms with Crippen LogP contribution in [-0.4, -0.2) is 28.1 Å². The van der Waals surface area contributed by atoms with E-state index in [1.165, 1.54) is 0 Å². The maximum atomic E-state index is 12.3. The molecule has 0 aliphatic carbocycles. The first-order chi connectivity index (χ1) is 9.38. The summed E-state index contributed by atoms with van der Waals surface area (Å²) in [7, 11) is 0. The van der Waals surface area contributed by atoms with Crippen molar-refractivity contribution in [3.8, 4) is 0 Å². The number of aromatic amines is 1. The van der Waals surface area contributed by atoms with Crippen LogP contribution in [0.2, 0.25) is 0 Å². The minimum absolute atomic E-state index is 0.132. The molecule has 0 bridgehead atoms. The van der Waals surface area contributed by atoms with E-state index >= 15 is 0 Å². The molecule has 2 heterocycles. The molecular weight excluding hydrogens is 256 g/mol. The highest BCUT2D eigenvalue weighted by Gasteiger charge is 2.32. The molecule has 1 aliphatic rings. The van der Waals surface area contributed by atoms with E-state index in [4.69, 9.17) is 4.74 Å². The zero-order valence-electron chi connectivity index (χ0n) is 12.3. The first-order valence-corrected chi connectivity index (χ1v) is 7.06. The third-order valence-corrected chi connectivity index (χ3v) is 3.34. The predicted octanol–water partition coefficient (Wildman–Crippen LogP) is 2.84. The highest BCUT2D eigenvalue weighted by Crippen LogP contribution is 2.30. The Kier molecular flexibility index (Phi) is 4.16. The summed E-state index contributed by atoms with van der Waals surface area (Å²) < 4.78 is 5.44. The van der Waals surface area contributed by atoms with E-state index in [9.17, 15) is 9.59 Å². The molecule has 1 N–H and O–H groups in total. The molecule has 0 unspecified atom stereocenters. The molecule has 1 aromatic rings. The number of rotatable bonds is 1. The number of ether oxygens (including phenoxy) is 1. The number of pyridine rings is 1. The fourth-order valence-corrected chi connectivity index (χ4v) is 2.49. The van der Waals surface area contributed by atoms with Crippen molar-refractivity contribution in [3.05, 3.63) is 34.2 Å². The molecule has 0 saturated carbocycles. The first-order valence-electron chi connectivity index (χ1n) is 7.06. The van der Waals surface area contributed by atoms with Crippen LogP contribution in [-0.2, 0) is 4.74 Å². The Labute approximate surface area is 118 Å². The lowest BCUT2D eigenvalue weighted by Gasteiger charge is -2.36. The average Bonchev–Trinajstić information content (AvgIpc) is 2.37. The minimum Gasteiger partial charge on any atom is -0.444 e. The van der Waals surface area contributed by atoms with Crippen molar-refractivity contribution in [2.45, 2.75) is 51.7 Å². The highest BCUT2D eigenvalue weighted by molar-refractivity contribution is 5.69.